The lowest BCUT2D eigenvalue weighted by Crippen LogP contribution is -2.10. The first-order valence-electron chi connectivity index (χ1n) is 6.58. The smallest absolute Gasteiger partial charge is 0.140 e. The second-order valence-corrected chi connectivity index (χ2v) is 7.07. The molecule has 2 N–H and O–H groups in total. The molecule has 1 saturated carbocycles. The van der Waals surface area contributed by atoms with Crippen LogP contribution in [0.25, 0.3) is 0 Å². The van der Waals surface area contributed by atoms with Gasteiger partial charge in [-0.15, -0.1) is 11.3 Å². The molecule has 3 rings (SSSR count). The number of anilines is 1. The summed E-state index contributed by atoms with van der Waals surface area (Å²) in [5, 5.41) is 2.09. The number of thiophene rings is 1. The van der Waals surface area contributed by atoms with Crippen LogP contribution in [0.15, 0.2) is 17.5 Å². The van der Waals surface area contributed by atoms with E-state index in [0.717, 1.165) is 15.8 Å². The van der Waals surface area contributed by atoms with Crippen LogP contribution in [-0.2, 0) is 6.42 Å². The Bertz CT molecular complexity index is 562. The van der Waals surface area contributed by atoms with Crippen LogP contribution in [0.3, 0.4) is 0 Å². The van der Waals surface area contributed by atoms with Crippen LogP contribution in [0.5, 0.6) is 0 Å². The Morgan fingerprint density at radius 2 is 2.11 bits per heavy atom. The van der Waals surface area contributed by atoms with Gasteiger partial charge in [0.15, 0.2) is 0 Å². The van der Waals surface area contributed by atoms with Crippen molar-refractivity contribution in [2.45, 2.75) is 38.0 Å². The van der Waals surface area contributed by atoms with E-state index in [-0.39, 0.29) is 0 Å². The van der Waals surface area contributed by atoms with Gasteiger partial charge in [-0.3, -0.25) is 0 Å². The molecule has 0 radical (unpaired) electrons. The quantitative estimate of drug-likeness (QED) is 0.814. The zero-order chi connectivity index (χ0) is 13.2. The molecule has 100 valence electrons. The highest BCUT2D eigenvalue weighted by atomic mass is 127. The Morgan fingerprint density at radius 3 is 2.79 bits per heavy atom. The minimum absolute atomic E-state index is 0.583. The van der Waals surface area contributed by atoms with Gasteiger partial charge in [0.25, 0.3) is 0 Å². The third-order valence-corrected chi connectivity index (χ3v) is 5.58. The lowest BCUT2D eigenvalue weighted by Gasteiger charge is -2.13. The number of nitrogens with zero attached hydrogens (tertiary/aromatic N) is 2. The van der Waals surface area contributed by atoms with Crippen molar-refractivity contribution >= 4 is 39.7 Å². The van der Waals surface area contributed by atoms with Crippen molar-refractivity contribution in [3.63, 3.8) is 0 Å². The Balaban J connectivity index is 1.92. The normalized spacial score (nSPS) is 16.1. The predicted molar refractivity (Wildman–Crippen MR) is 87.5 cm³/mol. The molecule has 0 atom stereocenters. The van der Waals surface area contributed by atoms with Gasteiger partial charge in [0, 0.05) is 17.2 Å². The van der Waals surface area contributed by atoms with E-state index in [0.29, 0.717) is 11.7 Å². The minimum atomic E-state index is 0.583. The Kier molecular flexibility index (Phi) is 4.02. The van der Waals surface area contributed by atoms with Gasteiger partial charge in [-0.1, -0.05) is 18.9 Å². The fourth-order valence-corrected chi connectivity index (χ4v) is 4.03. The summed E-state index contributed by atoms with van der Waals surface area (Å²) < 4.78 is 1.06. The number of aromatic nitrogens is 2. The molecule has 2 aromatic heterocycles. The Morgan fingerprint density at radius 1 is 1.32 bits per heavy atom. The second-order valence-electron chi connectivity index (χ2n) is 4.96. The van der Waals surface area contributed by atoms with Gasteiger partial charge in [-0.25, -0.2) is 9.97 Å². The Hall–Kier alpha value is -0.690. The van der Waals surface area contributed by atoms with Crippen LogP contribution in [0.4, 0.5) is 5.82 Å². The largest absolute Gasteiger partial charge is 0.383 e. The third-order valence-electron chi connectivity index (χ3n) is 3.60. The highest BCUT2D eigenvalue weighted by molar-refractivity contribution is 14.1. The van der Waals surface area contributed by atoms with Gasteiger partial charge in [0.05, 0.1) is 9.26 Å². The second kappa shape index (κ2) is 5.75. The standard InChI is InChI=1S/C14H16IN3S/c15-12-13(9-4-1-2-5-9)17-11(18-14(12)16)8-10-6-3-7-19-10/h3,6-7,9H,1-2,4-5,8H2,(H2,16,17,18). The van der Waals surface area contributed by atoms with Crippen molar-refractivity contribution in [3.05, 3.63) is 37.5 Å². The van der Waals surface area contributed by atoms with Crippen molar-refractivity contribution in [2.24, 2.45) is 0 Å². The molecular weight excluding hydrogens is 369 g/mol. The summed E-state index contributed by atoms with van der Waals surface area (Å²) in [6.07, 6.45) is 5.89. The molecule has 0 aromatic carbocycles. The molecule has 19 heavy (non-hydrogen) atoms. The lowest BCUT2D eigenvalue weighted by atomic mass is 10.0. The molecule has 1 aliphatic rings. The number of halogens is 1. The maximum absolute atomic E-state index is 6.06. The van der Waals surface area contributed by atoms with E-state index in [4.69, 9.17) is 10.7 Å². The fourth-order valence-electron chi connectivity index (χ4n) is 2.65. The van der Waals surface area contributed by atoms with E-state index < -0.39 is 0 Å². The first kappa shape index (κ1) is 13.3. The van der Waals surface area contributed by atoms with Crippen molar-refractivity contribution in [1.82, 2.24) is 9.97 Å². The Labute approximate surface area is 130 Å². The molecule has 0 aliphatic heterocycles. The van der Waals surface area contributed by atoms with Crippen LogP contribution in [-0.4, -0.2) is 9.97 Å². The van der Waals surface area contributed by atoms with Gasteiger partial charge >= 0.3 is 0 Å². The van der Waals surface area contributed by atoms with Crippen LogP contribution < -0.4 is 5.73 Å². The van der Waals surface area contributed by atoms with Gasteiger partial charge in [-0.05, 0) is 46.9 Å². The summed E-state index contributed by atoms with van der Waals surface area (Å²) in [5.41, 5.74) is 7.24. The average molecular weight is 385 g/mol. The summed E-state index contributed by atoms with van der Waals surface area (Å²) in [6.45, 7) is 0. The van der Waals surface area contributed by atoms with Crippen molar-refractivity contribution in [2.75, 3.05) is 5.73 Å². The first-order valence-corrected chi connectivity index (χ1v) is 8.54. The van der Waals surface area contributed by atoms with Gasteiger partial charge in [0.2, 0.25) is 0 Å². The zero-order valence-electron chi connectivity index (χ0n) is 10.6. The van der Waals surface area contributed by atoms with E-state index >= 15 is 0 Å². The lowest BCUT2D eigenvalue weighted by molar-refractivity contribution is 0.682. The predicted octanol–water partition coefficient (Wildman–Crippen LogP) is 3.97. The summed E-state index contributed by atoms with van der Waals surface area (Å²) in [5.74, 6) is 2.09. The molecule has 0 spiro atoms. The molecule has 1 aliphatic carbocycles. The maximum Gasteiger partial charge on any atom is 0.140 e. The number of hydrogen-bond acceptors (Lipinski definition) is 4. The van der Waals surface area contributed by atoms with Gasteiger partial charge < -0.3 is 5.73 Å². The molecule has 5 heteroatoms. The molecule has 2 heterocycles. The maximum atomic E-state index is 6.06. The number of nitrogen functional groups attached to an aromatic ring is 1. The molecule has 2 aromatic rings. The number of nitrogens with two attached hydrogens (primary N) is 1. The fraction of sp³-hybridized carbons (Fsp3) is 0.429. The van der Waals surface area contributed by atoms with Crippen LogP contribution in [0, 0.1) is 3.57 Å². The summed E-state index contributed by atoms with van der Waals surface area (Å²) >= 11 is 4.04. The molecule has 0 amide bonds. The van der Waals surface area contributed by atoms with E-state index in [9.17, 15) is 0 Å². The summed E-state index contributed by atoms with van der Waals surface area (Å²) in [4.78, 5) is 10.5. The van der Waals surface area contributed by atoms with Crippen molar-refractivity contribution in [3.8, 4) is 0 Å². The van der Waals surface area contributed by atoms with Crippen LogP contribution >= 0.6 is 33.9 Å². The average Bonchev–Trinajstić information content (AvgIpc) is 3.06. The zero-order valence-corrected chi connectivity index (χ0v) is 13.6. The molecule has 3 nitrogen and oxygen atoms in total. The highest BCUT2D eigenvalue weighted by Gasteiger charge is 2.23. The van der Waals surface area contributed by atoms with E-state index in [1.165, 1.54) is 36.3 Å². The minimum Gasteiger partial charge on any atom is -0.383 e. The third kappa shape index (κ3) is 2.91. The monoisotopic (exact) mass is 385 g/mol. The van der Waals surface area contributed by atoms with Crippen LogP contribution in [0.2, 0.25) is 0 Å². The van der Waals surface area contributed by atoms with Crippen molar-refractivity contribution < 1.29 is 0 Å². The molecule has 1 fully saturated rings. The number of hydrogen-bond donors (Lipinski definition) is 1. The van der Waals surface area contributed by atoms with E-state index in [1.54, 1.807) is 11.3 Å². The van der Waals surface area contributed by atoms with Gasteiger partial charge in [0.1, 0.15) is 11.6 Å². The SMILES string of the molecule is Nc1nc(Cc2cccs2)nc(C2CCCC2)c1I. The van der Waals surface area contributed by atoms with Crippen molar-refractivity contribution in [1.29, 1.82) is 0 Å². The highest BCUT2D eigenvalue weighted by Crippen LogP contribution is 2.36. The number of rotatable bonds is 3. The summed E-state index contributed by atoms with van der Waals surface area (Å²) in [7, 11) is 0. The molecule has 0 saturated heterocycles. The summed E-state index contributed by atoms with van der Waals surface area (Å²) in [6, 6.07) is 4.19. The van der Waals surface area contributed by atoms with E-state index in [2.05, 4.69) is 45.1 Å². The first-order chi connectivity index (χ1) is 9.24. The van der Waals surface area contributed by atoms with Gasteiger partial charge in [-0.2, -0.15) is 0 Å². The van der Waals surface area contributed by atoms with E-state index in [1.807, 2.05) is 0 Å². The molecule has 0 bridgehead atoms. The topological polar surface area (TPSA) is 51.8 Å². The molecular formula is C14H16IN3S. The molecule has 0 unspecified atom stereocenters. The van der Waals surface area contributed by atoms with Crippen LogP contribution in [0.1, 0.15) is 48.0 Å².